The van der Waals surface area contributed by atoms with E-state index in [4.69, 9.17) is 4.74 Å². The number of ether oxygens (including phenoxy) is 1. The van der Waals surface area contributed by atoms with Crippen LogP contribution in [0.1, 0.15) is 5.56 Å². The molecule has 0 radical (unpaired) electrons. The van der Waals surface area contributed by atoms with Gasteiger partial charge in [0, 0.05) is 18.8 Å². The van der Waals surface area contributed by atoms with E-state index in [2.05, 4.69) is 35.8 Å². The van der Waals surface area contributed by atoms with Crippen molar-refractivity contribution < 1.29 is 4.74 Å². The van der Waals surface area contributed by atoms with Crippen LogP contribution < -0.4 is 0 Å². The van der Waals surface area contributed by atoms with Crippen LogP contribution in [0.4, 0.5) is 0 Å². The first-order valence-corrected chi connectivity index (χ1v) is 5.61. The molecule has 0 spiro atoms. The molecule has 16 heavy (non-hydrogen) atoms. The lowest BCUT2D eigenvalue weighted by Crippen LogP contribution is -2.34. The first-order chi connectivity index (χ1) is 7.86. The lowest BCUT2D eigenvalue weighted by atomic mass is 10.2. The fourth-order valence-corrected chi connectivity index (χ4v) is 1.71. The number of hydrogen-bond donors (Lipinski definition) is 0. The maximum Gasteiger partial charge on any atom is 0.0642 e. The Hall–Kier alpha value is -1.54. The largest absolute Gasteiger partial charge is 0.378 e. The second kappa shape index (κ2) is 5.52. The Morgan fingerprint density at radius 2 is 1.88 bits per heavy atom. The van der Waals surface area contributed by atoms with Gasteiger partial charge >= 0.3 is 0 Å². The number of allylic oxidation sites excluding steroid dienone is 1. The van der Waals surface area contributed by atoms with Gasteiger partial charge in [-0.3, -0.25) is 0 Å². The first-order valence-electron chi connectivity index (χ1n) is 5.61. The number of hydrogen-bond acceptors (Lipinski definition) is 2. The molecule has 0 bridgehead atoms. The van der Waals surface area contributed by atoms with Crippen LogP contribution in [0.25, 0.3) is 6.08 Å². The fourth-order valence-electron chi connectivity index (χ4n) is 1.71. The molecular formula is C14H17NO. The highest BCUT2D eigenvalue weighted by atomic mass is 16.5. The van der Waals surface area contributed by atoms with Crippen molar-refractivity contribution in [2.75, 3.05) is 26.3 Å². The second-order valence-corrected chi connectivity index (χ2v) is 3.83. The molecule has 0 aliphatic carbocycles. The summed E-state index contributed by atoms with van der Waals surface area (Å²) in [4.78, 5) is 2.25. The van der Waals surface area contributed by atoms with E-state index in [1.54, 1.807) is 0 Å². The third-order valence-corrected chi connectivity index (χ3v) is 2.69. The molecule has 1 aliphatic heterocycles. The molecule has 0 N–H and O–H groups in total. The van der Waals surface area contributed by atoms with Crippen molar-refractivity contribution in [2.45, 2.75) is 0 Å². The molecule has 1 aliphatic rings. The van der Waals surface area contributed by atoms with Crippen LogP contribution in [0.15, 0.2) is 48.7 Å². The van der Waals surface area contributed by atoms with Gasteiger partial charge in [-0.2, -0.15) is 0 Å². The average molecular weight is 215 g/mol. The molecule has 1 aromatic carbocycles. The van der Waals surface area contributed by atoms with Crippen molar-refractivity contribution in [2.24, 2.45) is 0 Å². The minimum atomic E-state index is 0.804. The monoisotopic (exact) mass is 215 g/mol. The van der Waals surface area contributed by atoms with E-state index < -0.39 is 0 Å². The van der Waals surface area contributed by atoms with Gasteiger partial charge in [0.05, 0.1) is 13.2 Å². The number of nitrogens with zero attached hydrogens (tertiary/aromatic N) is 1. The molecule has 0 saturated carbocycles. The molecular weight excluding hydrogens is 198 g/mol. The highest BCUT2D eigenvalue weighted by molar-refractivity contribution is 5.52. The van der Waals surface area contributed by atoms with Gasteiger partial charge in [0.1, 0.15) is 0 Å². The maximum absolute atomic E-state index is 5.31. The number of rotatable bonds is 3. The molecule has 1 fully saturated rings. The van der Waals surface area contributed by atoms with E-state index in [0.717, 1.165) is 32.0 Å². The molecule has 84 valence electrons. The average Bonchev–Trinajstić information content (AvgIpc) is 2.38. The van der Waals surface area contributed by atoms with Crippen molar-refractivity contribution in [1.82, 2.24) is 4.90 Å². The summed E-state index contributed by atoms with van der Waals surface area (Å²) in [6.07, 6.45) is 4.17. The summed E-state index contributed by atoms with van der Waals surface area (Å²) < 4.78 is 5.31. The highest BCUT2D eigenvalue weighted by Crippen LogP contribution is 2.09. The van der Waals surface area contributed by atoms with Crippen LogP contribution in [0, 0.1) is 0 Å². The van der Waals surface area contributed by atoms with E-state index in [9.17, 15) is 0 Å². The lowest BCUT2D eigenvalue weighted by Gasteiger charge is -2.28. The van der Waals surface area contributed by atoms with Crippen molar-refractivity contribution in [3.63, 3.8) is 0 Å². The van der Waals surface area contributed by atoms with Gasteiger partial charge in [-0.15, -0.1) is 0 Å². The quantitative estimate of drug-likeness (QED) is 0.718. The van der Waals surface area contributed by atoms with E-state index in [0.29, 0.717) is 0 Å². The predicted molar refractivity (Wildman–Crippen MR) is 67.0 cm³/mol. The second-order valence-electron chi connectivity index (χ2n) is 3.83. The van der Waals surface area contributed by atoms with Crippen LogP contribution in [-0.4, -0.2) is 31.2 Å². The van der Waals surface area contributed by atoms with Crippen LogP contribution >= 0.6 is 0 Å². The predicted octanol–water partition coefficient (Wildman–Crippen LogP) is 2.55. The molecule has 0 aromatic heterocycles. The minimum absolute atomic E-state index is 0.804. The Balaban J connectivity index is 1.93. The summed E-state index contributed by atoms with van der Waals surface area (Å²) in [5.74, 6) is 0. The standard InChI is InChI=1S/C14H17NO/c1-13(15-9-11-16-12-10-15)7-8-14-5-3-2-4-6-14/h2-8H,1,9-12H2/b8-7+. The van der Waals surface area contributed by atoms with Crippen molar-refractivity contribution in [3.8, 4) is 0 Å². The normalized spacial score (nSPS) is 16.6. The van der Waals surface area contributed by atoms with Crippen LogP contribution in [0.3, 0.4) is 0 Å². The molecule has 1 aromatic rings. The molecule has 0 atom stereocenters. The zero-order chi connectivity index (χ0) is 11.2. The zero-order valence-corrected chi connectivity index (χ0v) is 9.43. The summed E-state index contributed by atoms with van der Waals surface area (Å²) in [6.45, 7) is 7.57. The van der Waals surface area contributed by atoms with Crippen LogP contribution in [-0.2, 0) is 4.74 Å². The minimum Gasteiger partial charge on any atom is -0.378 e. The third-order valence-electron chi connectivity index (χ3n) is 2.69. The molecule has 1 saturated heterocycles. The number of benzene rings is 1. The van der Waals surface area contributed by atoms with Gasteiger partial charge in [0.25, 0.3) is 0 Å². The Bertz CT molecular complexity index is 364. The van der Waals surface area contributed by atoms with Gasteiger partial charge < -0.3 is 9.64 Å². The van der Waals surface area contributed by atoms with Crippen LogP contribution in [0.5, 0.6) is 0 Å². The zero-order valence-electron chi connectivity index (χ0n) is 9.43. The molecule has 2 heteroatoms. The van der Waals surface area contributed by atoms with Crippen LogP contribution in [0.2, 0.25) is 0 Å². The van der Waals surface area contributed by atoms with Crippen molar-refractivity contribution in [1.29, 1.82) is 0 Å². The Morgan fingerprint density at radius 3 is 2.56 bits per heavy atom. The SMILES string of the molecule is C=C(/C=C/c1ccccc1)N1CCOCC1. The third kappa shape index (κ3) is 2.97. The van der Waals surface area contributed by atoms with Gasteiger partial charge in [-0.05, 0) is 11.6 Å². The fraction of sp³-hybridized carbons (Fsp3) is 0.286. The topological polar surface area (TPSA) is 12.5 Å². The Kier molecular flexibility index (Phi) is 3.78. The smallest absolute Gasteiger partial charge is 0.0642 e. The summed E-state index contributed by atoms with van der Waals surface area (Å²) in [5.41, 5.74) is 2.27. The summed E-state index contributed by atoms with van der Waals surface area (Å²) in [5, 5.41) is 0. The summed E-state index contributed by atoms with van der Waals surface area (Å²) >= 11 is 0. The highest BCUT2D eigenvalue weighted by Gasteiger charge is 2.09. The molecule has 0 amide bonds. The van der Waals surface area contributed by atoms with E-state index in [1.165, 1.54) is 5.56 Å². The lowest BCUT2D eigenvalue weighted by molar-refractivity contribution is 0.0556. The van der Waals surface area contributed by atoms with Gasteiger partial charge in [0.15, 0.2) is 0 Å². The van der Waals surface area contributed by atoms with E-state index in [1.807, 2.05) is 18.2 Å². The Morgan fingerprint density at radius 1 is 1.19 bits per heavy atom. The van der Waals surface area contributed by atoms with E-state index >= 15 is 0 Å². The van der Waals surface area contributed by atoms with Gasteiger partial charge in [0.2, 0.25) is 0 Å². The van der Waals surface area contributed by atoms with Crippen molar-refractivity contribution in [3.05, 3.63) is 54.2 Å². The van der Waals surface area contributed by atoms with Gasteiger partial charge in [-0.1, -0.05) is 43.0 Å². The van der Waals surface area contributed by atoms with Crippen molar-refractivity contribution >= 4 is 6.08 Å². The molecule has 2 rings (SSSR count). The summed E-state index contributed by atoms with van der Waals surface area (Å²) in [6, 6.07) is 10.3. The summed E-state index contributed by atoms with van der Waals surface area (Å²) in [7, 11) is 0. The molecule has 0 unspecified atom stereocenters. The Labute approximate surface area is 96.8 Å². The molecule has 1 heterocycles. The molecule has 2 nitrogen and oxygen atoms in total. The first kappa shape index (κ1) is 11.0. The number of morpholine rings is 1. The van der Waals surface area contributed by atoms with E-state index in [-0.39, 0.29) is 0 Å². The maximum atomic E-state index is 5.31. The van der Waals surface area contributed by atoms with Gasteiger partial charge in [-0.25, -0.2) is 0 Å².